The minimum absolute atomic E-state index is 0.239. The molecule has 4 aliphatic rings. The Balaban J connectivity index is 1.03. The molecule has 63 heavy (non-hydrogen) atoms. The van der Waals surface area contributed by atoms with Gasteiger partial charge in [0, 0.05) is 32.2 Å². The van der Waals surface area contributed by atoms with Crippen molar-refractivity contribution >= 4 is 38.3 Å². The van der Waals surface area contributed by atoms with Gasteiger partial charge in [-0.2, -0.15) is 0 Å². The molecule has 3 atom stereocenters. The molecule has 300 valence electrons. The molecular formula is C59H43N3S. The van der Waals surface area contributed by atoms with E-state index in [1.165, 1.54) is 75.8 Å². The molecule has 4 heteroatoms. The molecule has 2 aromatic heterocycles. The predicted molar refractivity (Wildman–Crippen MR) is 262 cm³/mol. The van der Waals surface area contributed by atoms with Crippen LogP contribution in [0.2, 0.25) is 0 Å². The molecule has 0 radical (unpaired) electrons. The maximum absolute atomic E-state index is 5.55. The lowest BCUT2D eigenvalue weighted by atomic mass is 9.72. The maximum Gasteiger partial charge on any atom is 0.164 e. The Labute approximate surface area is 371 Å². The van der Waals surface area contributed by atoms with Gasteiger partial charge >= 0.3 is 0 Å². The Hall–Kier alpha value is -7.01. The molecule has 0 aliphatic heterocycles. The lowest BCUT2D eigenvalue weighted by molar-refractivity contribution is 0.456. The monoisotopic (exact) mass is 825 g/mol. The van der Waals surface area contributed by atoms with Crippen molar-refractivity contribution in [3.63, 3.8) is 0 Å². The molecule has 0 fully saturated rings. The Bertz CT molecular complexity index is 3410. The van der Waals surface area contributed by atoms with E-state index in [4.69, 9.17) is 15.0 Å². The second kappa shape index (κ2) is 14.8. The van der Waals surface area contributed by atoms with Crippen LogP contribution < -0.4 is 0 Å². The van der Waals surface area contributed by atoms with Crippen LogP contribution >= 0.6 is 11.3 Å². The Morgan fingerprint density at radius 3 is 2.17 bits per heavy atom. The zero-order valence-corrected chi connectivity index (χ0v) is 35.7. The molecule has 0 saturated heterocycles. The van der Waals surface area contributed by atoms with E-state index in [1.54, 1.807) is 0 Å². The van der Waals surface area contributed by atoms with E-state index in [-0.39, 0.29) is 17.8 Å². The zero-order valence-electron chi connectivity index (χ0n) is 34.8. The van der Waals surface area contributed by atoms with Gasteiger partial charge in [0.1, 0.15) is 0 Å². The van der Waals surface area contributed by atoms with Gasteiger partial charge < -0.3 is 0 Å². The highest BCUT2D eigenvalue weighted by molar-refractivity contribution is 7.20. The summed E-state index contributed by atoms with van der Waals surface area (Å²) < 4.78 is 1.28. The van der Waals surface area contributed by atoms with Gasteiger partial charge in [-0.05, 0) is 140 Å². The average molecular weight is 826 g/mol. The highest BCUT2D eigenvalue weighted by Gasteiger charge is 2.36. The van der Waals surface area contributed by atoms with E-state index < -0.39 is 0 Å². The van der Waals surface area contributed by atoms with Crippen LogP contribution in [-0.2, 0) is 19.3 Å². The van der Waals surface area contributed by atoms with Crippen LogP contribution in [-0.4, -0.2) is 15.0 Å². The Morgan fingerprint density at radius 1 is 0.508 bits per heavy atom. The van der Waals surface area contributed by atoms with Gasteiger partial charge in [-0.25, -0.2) is 15.0 Å². The van der Waals surface area contributed by atoms with Crippen molar-refractivity contribution in [3.8, 4) is 56.4 Å². The van der Waals surface area contributed by atoms with Crippen molar-refractivity contribution in [2.75, 3.05) is 0 Å². The van der Waals surface area contributed by atoms with Crippen molar-refractivity contribution in [1.29, 1.82) is 0 Å². The predicted octanol–water partition coefficient (Wildman–Crippen LogP) is 15.0. The first-order valence-corrected chi connectivity index (χ1v) is 23.3. The number of aromatic nitrogens is 3. The average Bonchev–Trinajstić information content (AvgIpc) is 3.86. The molecule has 0 amide bonds. The Morgan fingerprint density at radius 2 is 1.27 bits per heavy atom. The molecule has 4 aliphatic carbocycles. The van der Waals surface area contributed by atoms with Crippen LogP contribution in [0, 0.1) is 5.92 Å². The lowest BCUT2D eigenvalue weighted by Crippen LogP contribution is -2.19. The zero-order chi connectivity index (χ0) is 41.4. The summed E-state index contributed by atoms with van der Waals surface area (Å²) >= 11 is 1.88. The third-order valence-electron chi connectivity index (χ3n) is 14.1. The number of rotatable bonds is 5. The molecule has 13 rings (SSSR count). The smallest absolute Gasteiger partial charge is 0.164 e. The number of thiophene rings is 1. The van der Waals surface area contributed by atoms with Crippen molar-refractivity contribution in [2.45, 2.75) is 43.9 Å². The first kappa shape index (κ1) is 36.6. The van der Waals surface area contributed by atoms with Crippen molar-refractivity contribution < 1.29 is 0 Å². The van der Waals surface area contributed by atoms with Crippen LogP contribution in [0.1, 0.15) is 62.9 Å². The minimum Gasteiger partial charge on any atom is -0.208 e. The molecule has 0 bridgehead atoms. The summed E-state index contributed by atoms with van der Waals surface area (Å²) in [4.78, 5) is 17.8. The largest absolute Gasteiger partial charge is 0.208 e. The molecule has 7 aromatic carbocycles. The summed E-state index contributed by atoms with van der Waals surface area (Å²) in [5.74, 6) is 2.91. The minimum atomic E-state index is 0.239. The molecule has 3 unspecified atom stereocenters. The first-order valence-electron chi connectivity index (χ1n) is 22.4. The third-order valence-corrected chi connectivity index (χ3v) is 15.3. The highest BCUT2D eigenvalue weighted by atomic mass is 32.1. The number of hydrogen-bond acceptors (Lipinski definition) is 4. The number of hydrogen-bond donors (Lipinski definition) is 0. The molecule has 0 saturated carbocycles. The van der Waals surface area contributed by atoms with E-state index in [9.17, 15) is 0 Å². The van der Waals surface area contributed by atoms with Gasteiger partial charge in [0.25, 0.3) is 0 Å². The standard InChI is InChI=1S/C59H43N3S/c1-2-13-36(14-3-1)37-18-12-19-42(30-37)57-60-58(43-26-28-50-49-23-10-11-24-55(49)63-56(50)34-43)62-59(61-57)54-35-52-44(31-40-17-6-7-20-45(40)52)33-53(54)48-27-25-41-29-38-15-4-5-16-39(38)32-51(41)47-22-9-8-21-46(47)48/h1-9,11-22,24,26,28-30,32-35,46-48H,10,23,25,27,31H2. The van der Waals surface area contributed by atoms with Crippen LogP contribution in [0.25, 0.3) is 83.4 Å². The van der Waals surface area contributed by atoms with E-state index in [0.717, 1.165) is 60.2 Å². The number of fused-ring (bicyclic) bond motifs is 10. The summed E-state index contributed by atoms with van der Waals surface area (Å²) in [6.07, 6.45) is 19.2. The second-order valence-corrected chi connectivity index (χ2v) is 18.8. The van der Waals surface area contributed by atoms with Crippen LogP contribution in [0.15, 0.2) is 176 Å². The maximum atomic E-state index is 5.55. The third kappa shape index (κ3) is 6.27. The van der Waals surface area contributed by atoms with Gasteiger partial charge in [0.2, 0.25) is 0 Å². The van der Waals surface area contributed by atoms with Crippen LogP contribution in [0.5, 0.6) is 0 Å². The molecule has 9 aromatic rings. The summed E-state index contributed by atoms with van der Waals surface area (Å²) in [7, 11) is 0. The highest BCUT2D eigenvalue weighted by Crippen LogP contribution is 2.51. The number of allylic oxidation sites excluding steroid dienone is 5. The van der Waals surface area contributed by atoms with Crippen LogP contribution in [0.3, 0.4) is 0 Å². The number of nitrogens with zero attached hydrogens (tertiary/aromatic N) is 3. The molecular weight excluding hydrogens is 783 g/mol. The van der Waals surface area contributed by atoms with Crippen molar-refractivity contribution in [3.05, 3.63) is 214 Å². The topological polar surface area (TPSA) is 38.7 Å². The van der Waals surface area contributed by atoms with Crippen molar-refractivity contribution in [1.82, 2.24) is 15.0 Å². The van der Waals surface area contributed by atoms with E-state index in [1.807, 2.05) is 11.3 Å². The summed E-state index contributed by atoms with van der Waals surface area (Å²) in [5.41, 5.74) is 16.5. The van der Waals surface area contributed by atoms with E-state index >= 15 is 0 Å². The first-order chi connectivity index (χ1) is 31.2. The summed E-state index contributed by atoms with van der Waals surface area (Å²) in [6.45, 7) is 0. The molecule has 2 heterocycles. The fraction of sp³-hybridized carbons (Fsp3) is 0.136. The molecule has 0 spiro atoms. The fourth-order valence-corrected chi connectivity index (χ4v) is 12.3. The van der Waals surface area contributed by atoms with Gasteiger partial charge in [-0.1, -0.05) is 158 Å². The molecule has 0 N–H and O–H groups in total. The van der Waals surface area contributed by atoms with Gasteiger partial charge in [0.15, 0.2) is 17.5 Å². The number of aryl methyl sites for hydroxylation is 2. The SMILES string of the molecule is C1=CC2c3cc4ccccc4cc3CCC(c3cc4c(cc3-c3nc(-c5cccc(-c6ccccc6)c5)nc(-c5ccc6c7c(sc6c5)C=CCC7)n3)-c3ccccc3C4)C2C=C1. The van der Waals surface area contributed by atoms with Gasteiger partial charge in [0.05, 0.1) is 0 Å². The number of benzene rings is 7. The van der Waals surface area contributed by atoms with E-state index in [2.05, 4.69) is 182 Å². The second-order valence-electron chi connectivity index (χ2n) is 17.7. The summed E-state index contributed by atoms with van der Waals surface area (Å²) in [5, 5.41) is 3.97. The summed E-state index contributed by atoms with van der Waals surface area (Å²) in [6, 6.07) is 53.8. The quantitative estimate of drug-likeness (QED) is 0.173. The normalized spacial score (nSPS) is 18.1. The van der Waals surface area contributed by atoms with Gasteiger partial charge in [-0.3, -0.25) is 0 Å². The fourth-order valence-electron chi connectivity index (χ4n) is 11.1. The van der Waals surface area contributed by atoms with E-state index in [0.29, 0.717) is 11.6 Å². The lowest BCUT2D eigenvalue weighted by Gasteiger charge is -2.32. The Kier molecular flexibility index (Phi) is 8.62. The van der Waals surface area contributed by atoms with Crippen LogP contribution in [0.4, 0.5) is 0 Å². The molecule has 3 nitrogen and oxygen atoms in total. The van der Waals surface area contributed by atoms with Gasteiger partial charge in [-0.15, -0.1) is 11.3 Å². The van der Waals surface area contributed by atoms with Crippen molar-refractivity contribution in [2.24, 2.45) is 5.92 Å².